The predicted molar refractivity (Wildman–Crippen MR) is 142 cm³/mol. The summed E-state index contributed by atoms with van der Waals surface area (Å²) in [6.45, 7) is 7.67. The van der Waals surface area contributed by atoms with Gasteiger partial charge in [0.05, 0.1) is 24.5 Å². The molecule has 1 amide bonds. The molecule has 8 nitrogen and oxygen atoms in total. The van der Waals surface area contributed by atoms with Crippen molar-refractivity contribution >= 4 is 34.8 Å². The number of halogens is 2. The zero-order valence-corrected chi connectivity index (χ0v) is 22.4. The third-order valence-corrected chi connectivity index (χ3v) is 7.33. The lowest BCUT2D eigenvalue weighted by Crippen LogP contribution is -2.48. The Morgan fingerprint density at radius 1 is 1.11 bits per heavy atom. The summed E-state index contributed by atoms with van der Waals surface area (Å²) in [5.74, 6) is -0.248. The Morgan fingerprint density at radius 3 is 2.51 bits per heavy atom. The number of amides is 1. The van der Waals surface area contributed by atoms with Crippen LogP contribution in [0.3, 0.4) is 0 Å². The molecule has 0 bridgehead atoms. The minimum absolute atomic E-state index is 0.127. The van der Waals surface area contributed by atoms with Gasteiger partial charge in [-0.25, -0.2) is 4.98 Å². The SMILES string of the molecule is CC(=O)N1CCN(c2ccc(OC[C@@]3(C)CO[C@](Cn4ccnc4)(c4ccc(Cl)cc4Cl)O3)cc2)CC1. The summed E-state index contributed by atoms with van der Waals surface area (Å²) >= 11 is 12.7. The first-order valence-corrected chi connectivity index (χ1v) is 13.0. The Kier molecular flexibility index (Phi) is 7.36. The number of hydrogen-bond donors (Lipinski definition) is 0. The zero-order valence-electron chi connectivity index (χ0n) is 20.9. The van der Waals surface area contributed by atoms with Crippen molar-refractivity contribution in [2.75, 3.05) is 44.3 Å². The Morgan fingerprint density at radius 2 is 1.86 bits per heavy atom. The molecule has 3 heterocycles. The maximum absolute atomic E-state index is 11.6. The minimum atomic E-state index is -1.12. The lowest BCUT2D eigenvalue weighted by molar-refractivity contribution is -0.206. The zero-order chi connectivity index (χ0) is 26.0. The number of imidazole rings is 1. The molecule has 0 N–H and O–H groups in total. The van der Waals surface area contributed by atoms with E-state index in [0.29, 0.717) is 35.4 Å². The van der Waals surface area contributed by atoms with E-state index in [9.17, 15) is 4.79 Å². The molecule has 37 heavy (non-hydrogen) atoms. The second kappa shape index (κ2) is 10.5. The van der Waals surface area contributed by atoms with Gasteiger partial charge in [-0.15, -0.1) is 0 Å². The van der Waals surface area contributed by atoms with Gasteiger partial charge in [-0.3, -0.25) is 4.79 Å². The van der Waals surface area contributed by atoms with E-state index in [4.69, 9.17) is 37.4 Å². The monoisotopic (exact) mass is 544 g/mol. The van der Waals surface area contributed by atoms with Crippen molar-refractivity contribution in [1.29, 1.82) is 0 Å². The van der Waals surface area contributed by atoms with Crippen molar-refractivity contribution in [2.45, 2.75) is 31.8 Å². The number of anilines is 1. The first-order valence-electron chi connectivity index (χ1n) is 12.2. The first kappa shape index (κ1) is 25.9. The van der Waals surface area contributed by atoms with Crippen LogP contribution in [-0.4, -0.2) is 65.4 Å². The molecule has 0 radical (unpaired) electrons. The van der Waals surface area contributed by atoms with Gasteiger partial charge in [-0.05, 0) is 43.3 Å². The highest BCUT2D eigenvalue weighted by Gasteiger charge is 2.51. The second-order valence-corrected chi connectivity index (χ2v) is 10.6. The molecule has 0 spiro atoms. The van der Waals surface area contributed by atoms with Crippen molar-refractivity contribution in [2.24, 2.45) is 0 Å². The Labute approximate surface area is 226 Å². The number of nitrogens with zero attached hydrogens (tertiary/aromatic N) is 4. The number of rotatable bonds is 7. The van der Waals surface area contributed by atoms with Crippen LogP contribution in [0.4, 0.5) is 5.69 Å². The molecule has 0 saturated carbocycles. The van der Waals surface area contributed by atoms with Gasteiger partial charge in [0.1, 0.15) is 18.0 Å². The quantitative estimate of drug-likeness (QED) is 0.433. The fourth-order valence-electron chi connectivity index (χ4n) is 4.78. The topological polar surface area (TPSA) is 69.1 Å². The number of hydrogen-bond acceptors (Lipinski definition) is 6. The third-order valence-electron chi connectivity index (χ3n) is 6.78. The van der Waals surface area contributed by atoms with E-state index in [-0.39, 0.29) is 5.91 Å². The highest BCUT2D eigenvalue weighted by Crippen LogP contribution is 2.44. The molecule has 2 fully saturated rings. The molecule has 2 atom stereocenters. The van der Waals surface area contributed by atoms with Crippen LogP contribution in [0.2, 0.25) is 10.0 Å². The number of carbonyl (C=O) groups is 1. The summed E-state index contributed by atoms with van der Waals surface area (Å²) in [7, 11) is 0. The van der Waals surface area contributed by atoms with E-state index >= 15 is 0 Å². The molecule has 10 heteroatoms. The van der Waals surface area contributed by atoms with E-state index in [1.165, 1.54) is 0 Å². The highest BCUT2D eigenvalue weighted by atomic mass is 35.5. The molecular formula is C27H30Cl2N4O4. The number of piperazine rings is 1. The Balaban J connectivity index is 1.26. The van der Waals surface area contributed by atoms with Crippen LogP contribution in [0.5, 0.6) is 5.75 Å². The molecule has 3 aromatic rings. The number of ether oxygens (including phenoxy) is 3. The predicted octanol–water partition coefficient (Wildman–Crippen LogP) is 4.60. The summed E-state index contributed by atoms with van der Waals surface area (Å²) < 4.78 is 21.0. The first-order chi connectivity index (χ1) is 17.8. The molecule has 2 saturated heterocycles. The van der Waals surface area contributed by atoms with Crippen molar-refractivity contribution in [1.82, 2.24) is 14.5 Å². The van der Waals surface area contributed by atoms with Gasteiger partial charge in [-0.1, -0.05) is 29.3 Å². The number of aromatic nitrogens is 2. The average Bonchev–Trinajstić information content (AvgIpc) is 3.51. The standard InChI is InChI=1S/C27H30Cl2N4O4/c1-20(34)32-11-13-33(14-12-32)22-4-6-23(7-5-22)35-17-26(2)18-36-27(37-26,16-31-10-9-30-19-31)24-8-3-21(28)15-25(24)29/h3-10,15,19H,11-14,16-18H2,1-2H3/t26-,27-/m0/s1. The lowest BCUT2D eigenvalue weighted by Gasteiger charge is -2.35. The van der Waals surface area contributed by atoms with Crippen LogP contribution < -0.4 is 9.64 Å². The molecular weight excluding hydrogens is 515 g/mol. The maximum atomic E-state index is 11.6. The molecule has 196 valence electrons. The van der Waals surface area contributed by atoms with Crippen molar-refractivity contribution in [3.63, 3.8) is 0 Å². The van der Waals surface area contributed by atoms with Crippen molar-refractivity contribution in [3.8, 4) is 5.75 Å². The molecule has 2 aliphatic rings. The van der Waals surface area contributed by atoms with Gasteiger partial charge >= 0.3 is 0 Å². The van der Waals surface area contributed by atoms with Crippen LogP contribution >= 0.6 is 23.2 Å². The molecule has 0 unspecified atom stereocenters. The summed E-state index contributed by atoms with van der Waals surface area (Å²) in [5.41, 5.74) is 1.09. The molecule has 5 rings (SSSR count). The van der Waals surface area contributed by atoms with Crippen LogP contribution in [0.15, 0.2) is 61.2 Å². The molecule has 1 aromatic heterocycles. The van der Waals surface area contributed by atoms with Gasteiger partial charge in [-0.2, -0.15) is 0 Å². The number of benzene rings is 2. The molecule has 0 aliphatic carbocycles. The highest BCUT2D eigenvalue weighted by molar-refractivity contribution is 6.35. The van der Waals surface area contributed by atoms with Crippen LogP contribution in [0.1, 0.15) is 19.4 Å². The average molecular weight is 545 g/mol. The lowest BCUT2D eigenvalue weighted by atomic mass is 10.0. The second-order valence-electron chi connectivity index (χ2n) is 9.73. The maximum Gasteiger partial charge on any atom is 0.219 e. The van der Waals surface area contributed by atoms with Gasteiger partial charge in [0.2, 0.25) is 11.7 Å². The van der Waals surface area contributed by atoms with Gasteiger partial charge < -0.3 is 28.6 Å². The van der Waals surface area contributed by atoms with Crippen LogP contribution in [-0.2, 0) is 26.6 Å². The van der Waals surface area contributed by atoms with E-state index in [1.54, 1.807) is 31.6 Å². The normalized spacial score (nSPS) is 23.9. The Hall–Kier alpha value is -2.78. The number of carbonyl (C=O) groups excluding carboxylic acids is 1. The Bertz CT molecular complexity index is 1230. The summed E-state index contributed by atoms with van der Waals surface area (Å²) in [5, 5.41) is 1.01. The minimum Gasteiger partial charge on any atom is -0.490 e. The van der Waals surface area contributed by atoms with E-state index in [0.717, 1.165) is 37.6 Å². The summed E-state index contributed by atoms with van der Waals surface area (Å²) in [6.07, 6.45) is 5.28. The van der Waals surface area contributed by atoms with Gasteiger partial charge in [0.25, 0.3) is 0 Å². The van der Waals surface area contributed by atoms with E-state index < -0.39 is 11.4 Å². The van der Waals surface area contributed by atoms with Crippen LogP contribution in [0.25, 0.3) is 0 Å². The summed E-state index contributed by atoms with van der Waals surface area (Å²) in [6, 6.07) is 13.3. The van der Waals surface area contributed by atoms with Crippen LogP contribution in [0, 0.1) is 0 Å². The fraction of sp³-hybridized carbons (Fsp3) is 0.407. The summed E-state index contributed by atoms with van der Waals surface area (Å²) in [4.78, 5) is 19.9. The molecule has 2 aliphatic heterocycles. The van der Waals surface area contributed by atoms with E-state index in [1.807, 2.05) is 52.9 Å². The molecule has 2 aromatic carbocycles. The van der Waals surface area contributed by atoms with Crippen molar-refractivity contribution < 1.29 is 19.0 Å². The van der Waals surface area contributed by atoms with E-state index in [2.05, 4.69) is 9.88 Å². The third kappa shape index (κ3) is 5.72. The largest absolute Gasteiger partial charge is 0.490 e. The van der Waals surface area contributed by atoms with Crippen molar-refractivity contribution in [3.05, 3.63) is 76.8 Å². The van der Waals surface area contributed by atoms with Gasteiger partial charge in [0.15, 0.2) is 0 Å². The fourth-order valence-corrected chi connectivity index (χ4v) is 5.33. The van der Waals surface area contributed by atoms with Gasteiger partial charge in [0, 0.05) is 61.8 Å². The smallest absolute Gasteiger partial charge is 0.219 e.